The number of aliphatic hydroxyl groups is 1. The number of likely N-dealkylation sites (tertiary alicyclic amines) is 1. The molecule has 1 aliphatic heterocycles. The van der Waals surface area contributed by atoms with Crippen molar-refractivity contribution in [2.45, 2.75) is 57.5 Å². The lowest BCUT2D eigenvalue weighted by Crippen LogP contribution is -2.33. The fraction of sp³-hybridized carbons (Fsp3) is 0.933. The molecule has 1 saturated heterocycles. The molecular formula is C15H23NO2. The van der Waals surface area contributed by atoms with E-state index in [-0.39, 0.29) is 11.5 Å². The van der Waals surface area contributed by atoms with E-state index in [4.69, 9.17) is 0 Å². The molecule has 1 N–H and O–H groups in total. The van der Waals surface area contributed by atoms with Crippen molar-refractivity contribution in [3.63, 3.8) is 0 Å². The van der Waals surface area contributed by atoms with Crippen molar-refractivity contribution in [1.29, 1.82) is 0 Å². The van der Waals surface area contributed by atoms with Crippen LogP contribution in [0.15, 0.2) is 0 Å². The Balaban J connectivity index is 1.43. The first-order valence-electron chi connectivity index (χ1n) is 7.62. The zero-order valence-electron chi connectivity index (χ0n) is 11.0. The Morgan fingerprint density at radius 2 is 1.78 bits per heavy atom. The highest BCUT2D eigenvalue weighted by Crippen LogP contribution is 2.63. The number of hydrogen-bond acceptors (Lipinski definition) is 2. The summed E-state index contributed by atoms with van der Waals surface area (Å²) in [6, 6.07) is 0. The number of amides is 1. The molecule has 1 heterocycles. The van der Waals surface area contributed by atoms with E-state index >= 15 is 0 Å². The van der Waals surface area contributed by atoms with Crippen LogP contribution < -0.4 is 0 Å². The third kappa shape index (κ3) is 1.49. The van der Waals surface area contributed by atoms with Gasteiger partial charge in [-0.2, -0.15) is 0 Å². The zero-order valence-corrected chi connectivity index (χ0v) is 11.0. The van der Waals surface area contributed by atoms with E-state index in [0.29, 0.717) is 23.8 Å². The summed E-state index contributed by atoms with van der Waals surface area (Å²) in [5, 5.41) is 10.0. The van der Waals surface area contributed by atoms with Gasteiger partial charge in [0.15, 0.2) is 0 Å². The molecule has 0 aromatic carbocycles. The van der Waals surface area contributed by atoms with Crippen LogP contribution in [-0.4, -0.2) is 35.1 Å². The van der Waals surface area contributed by atoms with Gasteiger partial charge in [0, 0.05) is 24.4 Å². The maximum absolute atomic E-state index is 12.6. The minimum atomic E-state index is -0.248. The number of carbonyl (C=O) groups is 1. The summed E-state index contributed by atoms with van der Waals surface area (Å²) in [4.78, 5) is 14.5. The highest BCUT2D eigenvalue weighted by molar-refractivity contribution is 5.83. The summed E-state index contributed by atoms with van der Waals surface area (Å²) < 4.78 is 0. The first-order chi connectivity index (χ1) is 8.65. The third-order valence-electron chi connectivity index (χ3n) is 6.15. The Morgan fingerprint density at radius 3 is 2.39 bits per heavy atom. The minimum Gasteiger partial charge on any atom is -0.391 e. The smallest absolute Gasteiger partial charge is 0.226 e. The summed E-state index contributed by atoms with van der Waals surface area (Å²) in [5.74, 6) is 0.665. The average molecular weight is 249 g/mol. The minimum absolute atomic E-state index is 0.115. The molecule has 1 amide bonds. The zero-order chi connectivity index (χ0) is 12.4. The largest absolute Gasteiger partial charge is 0.391 e. The van der Waals surface area contributed by atoms with Gasteiger partial charge in [-0.25, -0.2) is 0 Å². The Morgan fingerprint density at radius 1 is 1.06 bits per heavy atom. The van der Waals surface area contributed by atoms with E-state index in [1.54, 1.807) is 0 Å². The predicted molar refractivity (Wildman–Crippen MR) is 67.9 cm³/mol. The lowest BCUT2D eigenvalue weighted by atomic mass is 9.84. The van der Waals surface area contributed by atoms with Crippen molar-refractivity contribution < 1.29 is 9.90 Å². The second-order valence-corrected chi connectivity index (χ2v) is 7.28. The first-order valence-corrected chi connectivity index (χ1v) is 7.62. The topological polar surface area (TPSA) is 40.5 Å². The fourth-order valence-corrected chi connectivity index (χ4v) is 4.50. The van der Waals surface area contributed by atoms with Gasteiger partial charge < -0.3 is 10.0 Å². The SMILES string of the molecule is O=C(C1CC12CCCCC2)N1CC(O)C2(CC2)C1. The molecule has 4 aliphatic rings. The van der Waals surface area contributed by atoms with Gasteiger partial charge in [0.2, 0.25) is 5.91 Å². The van der Waals surface area contributed by atoms with Crippen LogP contribution in [0.4, 0.5) is 0 Å². The Labute approximate surface area is 109 Å². The van der Waals surface area contributed by atoms with Crippen molar-refractivity contribution in [2.24, 2.45) is 16.7 Å². The van der Waals surface area contributed by atoms with Crippen LogP contribution in [-0.2, 0) is 4.79 Å². The number of rotatable bonds is 1. The van der Waals surface area contributed by atoms with Gasteiger partial charge in [0.05, 0.1) is 6.10 Å². The van der Waals surface area contributed by atoms with Crippen LogP contribution in [0.1, 0.15) is 51.4 Å². The summed E-state index contributed by atoms with van der Waals surface area (Å²) in [6.07, 6.45) is 9.64. The Bertz CT molecular complexity index is 382. The molecule has 3 aliphatic carbocycles. The Hall–Kier alpha value is -0.570. The second kappa shape index (κ2) is 3.50. The molecule has 2 spiro atoms. The average Bonchev–Trinajstić information content (AvgIpc) is 3.24. The number of β-amino-alcohol motifs (C(OH)–C–C–N with tert-alkyl or cyclic N) is 1. The lowest BCUT2D eigenvalue weighted by Gasteiger charge is -2.24. The quantitative estimate of drug-likeness (QED) is 0.771. The van der Waals surface area contributed by atoms with E-state index in [1.807, 2.05) is 4.90 Å². The monoisotopic (exact) mass is 249 g/mol. The number of hydrogen-bond donors (Lipinski definition) is 1. The lowest BCUT2D eigenvalue weighted by molar-refractivity contribution is -0.133. The van der Waals surface area contributed by atoms with Gasteiger partial charge in [-0.15, -0.1) is 0 Å². The van der Waals surface area contributed by atoms with E-state index in [2.05, 4.69) is 0 Å². The number of carbonyl (C=O) groups excluding carboxylic acids is 1. The molecule has 3 heteroatoms. The van der Waals surface area contributed by atoms with Gasteiger partial charge in [0.1, 0.15) is 0 Å². The molecule has 0 bridgehead atoms. The predicted octanol–water partition coefficient (Wildman–Crippen LogP) is 1.94. The number of nitrogens with zero attached hydrogens (tertiary/aromatic N) is 1. The van der Waals surface area contributed by atoms with Crippen molar-refractivity contribution in [2.75, 3.05) is 13.1 Å². The van der Waals surface area contributed by atoms with Crippen LogP contribution in [0.5, 0.6) is 0 Å². The summed E-state index contributed by atoms with van der Waals surface area (Å²) in [7, 11) is 0. The van der Waals surface area contributed by atoms with Gasteiger partial charge in [-0.1, -0.05) is 19.3 Å². The van der Waals surface area contributed by atoms with Crippen LogP contribution in [0, 0.1) is 16.7 Å². The molecule has 0 radical (unpaired) electrons. The highest BCUT2D eigenvalue weighted by atomic mass is 16.3. The second-order valence-electron chi connectivity index (χ2n) is 7.28. The molecule has 18 heavy (non-hydrogen) atoms. The molecule has 4 rings (SSSR count). The van der Waals surface area contributed by atoms with Crippen molar-refractivity contribution in [1.82, 2.24) is 4.90 Å². The molecular weight excluding hydrogens is 226 g/mol. The molecule has 3 nitrogen and oxygen atoms in total. The van der Waals surface area contributed by atoms with E-state index < -0.39 is 0 Å². The molecule has 2 atom stereocenters. The first kappa shape index (κ1) is 11.3. The maximum atomic E-state index is 12.6. The van der Waals surface area contributed by atoms with Crippen molar-refractivity contribution >= 4 is 5.91 Å². The summed E-state index contributed by atoms with van der Waals surface area (Å²) in [5.41, 5.74) is 0.504. The molecule has 0 aromatic rings. The van der Waals surface area contributed by atoms with Gasteiger partial charge in [-0.3, -0.25) is 4.79 Å². The van der Waals surface area contributed by atoms with Gasteiger partial charge >= 0.3 is 0 Å². The van der Waals surface area contributed by atoms with Gasteiger partial charge in [-0.05, 0) is 37.5 Å². The highest BCUT2D eigenvalue weighted by Gasteiger charge is 2.62. The third-order valence-corrected chi connectivity index (χ3v) is 6.15. The van der Waals surface area contributed by atoms with Crippen LogP contribution in [0.2, 0.25) is 0 Å². The van der Waals surface area contributed by atoms with Crippen LogP contribution in [0.3, 0.4) is 0 Å². The molecule has 2 unspecified atom stereocenters. The molecule has 100 valence electrons. The van der Waals surface area contributed by atoms with E-state index in [9.17, 15) is 9.90 Å². The van der Waals surface area contributed by atoms with Gasteiger partial charge in [0.25, 0.3) is 0 Å². The van der Waals surface area contributed by atoms with Crippen molar-refractivity contribution in [3.8, 4) is 0 Å². The van der Waals surface area contributed by atoms with E-state index in [1.165, 1.54) is 32.1 Å². The molecule has 4 fully saturated rings. The normalized spacial score (nSPS) is 39.3. The van der Waals surface area contributed by atoms with Crippen LogP contribution >= 0.6 is 0 Å². The Kier molecular flexibility index (Phi) is 2.19. The molecule has 3 saturated carbocycles. The summed E-state index contributed by atoms with van der Waals surface area (Å²) >= 11 is 0. The van der Waals surface area contributed by atoms with Crippen LogP contribution in [0.25, 0.3) is 0 Å². The molecule has 0 aromatic heterocycles. The van der Waals surface area contributed by atoms with E-state index in [0.717, 1.165) is 25.8 Å². The maximum Gasteiger partial charge on any atom is 0.226 e. The summed E-state index contributed by atoms with van der Waals surface area (Å²) in [6.45, 7) is 1.44. The standard InChI is InChI=1S/C15H23NO2/c17-12-9-16(10-15(12)6-7-15)13(18)11-8-14(11)4-2-1-3-5-14/h11-12,17H,1-10H2. The van der Waals surface area contributed by atoms with Crippen molar-refractivity contribution in [3.05, 3.63) is 0 Å². The number of aliphatic hydroxyl groups excluding tert-OH is 1. The fourth-order valence-electron chi connectivity index (χ4n) is 4.50.